The van der Waals surface area contributed by atoms with Gasteiger partial charge in [0, 0.05) is 44.8 Å². The molecule has 126 valence electrons. The largest absolute Gasteiger partial charge is 0.481 e. The highest BCUT2D eigenvalue weighted by Gasteiger charge is 2.29. The monoisotopic (exact) mass is 320 g/mol. The molecule has 0 spiro atoms. The van der Waals surface area contributed by atoms with Crippen LogP contribution in [0.4, 0.5) is 0 Å². The molecule has 1 N–H and O–H groups in total. The molecule has 3 rings (SSSR count). The molecule has 1 atom stereocenters. The lowest BCUT2D eigenvalue weighted by Gasteiger charge is -2.37. The Morgan fingerprint density at radius 1 is 1.22 bits per heavy atom. The zero-order valence-corrected chi connectivity index (χ0v) is 13.7. The van der Waals surface area contributed by atoms with Crippen molar-refractivity contribution >= 4 is 5.91 Å². The van der Waals surface area contributed by atoms with Gasteiger partial charge in [-0.3, -0.25) is 9.69 Å². The Bertz CT molecular complexity index is 552. The van der Waals surface area contributed by atoms with Crippen LogP contribution in [0.15, 0.2) is 12.1 Å². The van der Waals surface area contributed by atoms with E-state index in [1.165, 1.54) is 13.5 Å². The molecule has 0 aliphatic carbocycles. The van der Waals surface area contributed by atoms with E-state index in [4.69, 9.17) is 9.47 Å². The zero-order valence-electron chi connectivity index (χ0n) is 13.7. The first-order valence-corrected chi connectivity index (χ1v) is 8.06. The van der Waals surface area contributed by atoms with Gasteiger partial charge in [-0.2, -0.15) is 4.98 Å². The van der Waals surface area contributed by atoms with Gasteiger partial charge in [0.1, 0.15) is 5.56 Å². The maximum Gasteiger partial charge on any atom is 0.259 e. The van der Waals surface area contributed by atoms with E-state index in [-0.39, 0.29) is 5.91 Å². The van der Waals surface area contributed by atoms with Crippen molar-refractivity contribution in [1.29, 1.82) is 0 Å². The van der Waals surface area contributed by atoms with E-state index < -0.39 is 0 Å². The molecule has 7 heteroatoms. The number of nitrogens with one attached hydrogen (secondary N) is 1. The van der Waals surface area contributed by atoms with Gasteiger partial charge in [0.05, 0.1) is 14.2 Å². The molecule has 1 amide bonds. The smallest absolute Gasteiger partial charge is 0.259 e. The number of hydrogen-bond acceptors (Lipinski definition) is 6. The molecule has 2 aliphatic heterocycles. The van der Waals surface area contributed by atoms with E-state index in [2.05, 4.69) is 15.2 Å². The first kappa shape index (κ1) is 16.0. The molecular weight excluding hydrogens is 296 g/mol. The number of piperazine rings is 1. The van der Waals surface area contributed by atoms with Gasteiger partial charge in [-0.25, -0.2) is 0 Å². The van der Waals surface area contributed by atoms with E-state index in [9.17, 15) is 4.79 Å². The molecule has 0 bridgehead atoms. The molecule has 0 unspecified atom stereocenters. The lowest BCUT2D eigenvalue weighted by Crippen LogP contribution is -2.52. The second-order valence-electron chi connectivity index (χ2n) is 5.89. The Kier molecular flexibility index (Phi) is 4.97. The quantitative estimate of drug-likeness (QED) is 0.856. The van der Waals surface area contributed by atoms with Crippen molar-refractivity contribution < 1.29 is 14.3 Å². The standard InChI is InChI=1S/C16H24N4O3/c1-22-14-4-3-13(15(18-14)23-2)16(21)20-9-7-19(8-10-20)12-5-6-17-11-12/h3-4,12,17H,5-11H2,1-2H3/t12-/m1/s1. The highest BCUT2D eigenvalue weighted by Crippen LogP contribution is 2.22. The number of rotatable bonds is 4. The summed E-state index contributed by atoms with van der Waals surface area (Å²) in [4.78, 5) is 21.3. The predicted octanol–water partition coefficient (Wildman–Crippen LogP) is 0.219. The number of pyridine rings is 1. The summed E-state index contributed by atoms with van der Waals surface area (Å²) in [7, 11) is 3.06. The average Bonchev–Trinajstić information content (AvgIpc) is 3.15. The molecule has 0 aromatic carbocycles. The lowest BCUT2D eigenvalue weighted by atomic mass is 10.1. The summed E-state index contributed by atoms with van der Waals surface area (Å²) in [6.07, 6.45) is 1.20. The van der Waals surface area contributed by atoms with Crippen molar-refractivity contribution in [2.75, 3.05) is 53.5 Å². The predicted molar refractivity (Wildman–Crippen MR) is 86.1 cm³/mol. The summed E-state index contributed by atoms with van der Waals surface area (Å²) < 4.78 is 10.3. The number of ether oxygens (including phenoxy) is 2. The topological polar surface area (TPSA) is 66.9 Å². The van der Waals surface area contributed by atoms with Crippen LogP contribution in [-0.2, 0) is 0 Å². The van der Waals surface area contributed by atoms with Crippen molar-refractivity contribution in [2.45, 2.75) is 12.5 Å². The number of carbonyl (C=O) groups is 1. The highest BCUT2D eigenvalue weighted by atomic mass is 16.5. The number of hydrogen-bond donors (Lipinski definition) is 1. The van der Waals surface area contributed by atoms with E-state index in [1.54, 1.807) is 19.2 Å². The summed E-state index contributed by atoms with van der Waals surface area (Å²) in [5, 5.41) is 3.40. The Hall–Kier alpha value is -1.86. The third kappa shape index (κ3) is 3.40. The fraction of sp³-hybridized carbons (Fsp3) is 0.625. The average molecular weight is 320 g/mol. The number of aromatic nitrogens is 1. The lowest BCUT2D eigenvalue weighted by molar-refractivity contribution is 0.0580. The second kappa shape index (κ2) is 7.14. The third-order valence-corrected chi connectivity index (χ3v) is 4.62. The van der Waals surface area contributed by atoms with Crippen molar-refractivity contribution in [3.63, 3.8) is 0 Å². The van der Waals surface area contributed by atoms with Gasteiger partial charge in [-0.1, -0.05) is 0 Å². The van der Waals surface area contributed by atoms with Crippen LogP contribution in [0.1, 0.15) is 16.8 Å². The van der Waals surface area contributed by atoms with Crippen LogP contribution in [0, 0.1) is 0 Å². The molecule has 7 nitrogen and oxygen atoms in total. The molecule has 0 saturated carbocycles. The molecule has 0 radical (unpaired) electrons. The summed E-state index contributed by atoms with van der Waals surface area (Å²) in [6.45, 7) is 5.48. The molecular formula is C16H24N4O3. The van der Waals surface area contributed by atoms with Gasteiger partial charge >= 0.3 is 0 Å². The fourth-order valence-corrected chi connectivity index (χ4v) is 3.27. The van der Waals surface area contributed by atoms with E-state index in [0.717, 1.165) is 39.3 Å². The summed E-state index contributed by atoms with van der Waals surface area (Å²) in [5.41, 5.74) is 0.490. The number of amides is 1. The van der Waals surface area contributed by atoms with Crippen LogP contribution < -0.4 is 14.8 Å². The first-order chi connectivity index (χ1) is 11.2. The first-order valence-electron chi connectivity index (χ1n) is 8.06. The van der Waals surface area contributed by atoms with Crippen molar-refractivity contribution in [2.24, 2.45) is 0 Å². The maximum atomic E-state index is 12.7. The van der Waals surface area contributed by atoms with Gasteiger partial charge < -0.3 is 19.7 Å². The van der Waals surface area contributed by atoms with E-state index in [1.807, 2.05) is 4.90 Å². The van der Waals surface area contributed by atoms with E-state index in [0.29, 0.717) is 23.4 Å². The van der Waals surface area contributed by atoms with Crippen LogP contribution in [0.2, 0.25) is 0 Å². The molecule has 2 saturated heterocycles. The van der Waals surface area contributed by atoms with Gasteiger partial charge in [-0.15, -0.1) is 0 Å². The van der Waals surface area contributed by atoms with Gasteiger partial charge in [0.25, 0.3) is 5.91 Å². The van der Waals surface area contributed by atoms with E-state index >= 15 is 0 Å². The number of carbonyl (C=O) groups excluding carboxylic acids is 1. The minimum Gasteiger partial charge on any atom is -0.481 e. The highest BCUT2D eigenvalue weighted by molar-refractivity contribution is 5.96. The fourth-order valence-electron chi connectivity index (χ4n) is 3.27. The summed E-state index contributed by atoms with van der Waals surface area (Å²) >= 11 is 0. The van der Waals surface area contributed by atoms with Crippen LogP contribution >= 0.6 is 0 Å². The Balaban J connectivity index is 1.65. The SMILES string of the molecule is COc1ccc(C(=O)N2CCN([C@@H]3CCNC3)CC2)c(OC)n1. The van der Waals surface area contributed by atoms with Crippen LogP contribution in [-0.4, -0.2) is 80.2 Å². The number of methoxy groups -OCH3 is 2. The van der Waals surface area contributed by atoms with Gasteiger partial charge in [0.15, 0.2) is 0 Å². The van der Waals surface area contributed by atoms with Crippen LogP contribution in [0.5, 0.6) is 11.8 Å². The Morgan fingerprint density at radius 3 is 2.61 bits per heavy atom. The Morgan fingerprint density at radius 2 is 2.00 bits per heavy atom. The number of nitrogens with zero attached hydrogens (tertiary/aromatic N) is 3. The molecule has 2 fully saturated rings. The van der Waals surface area contributed by atoms with Gasteiger partial charge in [-0.05, 0) is 19.0 Å². The minimum absolute atomic E-state index is 0.0267. The third-order valence-electron chi connectivity index (χ3n) is 4.62. The van der Waals surface area contributed by atoms with Crippen LogP contribution in [0.25, 0.3) is 0 Å². The van der Waals surface area contributed by atoms with Crippen molar-refractivity contribution in [1.82, 2.24) is 20.1 Å². The van der Waals surface area contributed by atoms with Crippen molar-refractivity contribution in [3.05, 3.63) is 17.7 Å². The molecule has 1 aromatic rings. The maximum absolute atomic E-state index is 12.7. The van der Waals surface area contributed by atoms with Crippen LogP contribution in [0.3, 0.4) is 0 Å². The molecule has 23 heavy (non-hydrogen) atoms. The molecule has 3 heterocycles. The normalized spacial score (nSPS) is 22.2. The Labute approximate surface area is 136 Å². The summed E-state index contributed by atoms with van der Waals surface area (Å²) in [5.74, 6) is 0.731. The van der Waals surface area contributed by atoms with Gasteiger partial charge in [0.2, 0.25) is 11.8 Å². The van der Waals surface area contributed by atoms with Crippen molar-refractivity contribution in [3.8, 4) is 11.8 Å². The molecule has 2 aliphatic rings. The summed E-state index contributed by atoms with van der Waals surface area (Å²) in [6, 6.07) is 4.03. The molecule has 1 aromatic heterocycles. The zero-order chi connectivity index (χ0) is 16.2. The second-order valence-corrected chi connectivity index (χ2v) is 5.89. The minimum atomic E-state index is -0.0267.